The lowest BCUT2D eigenvalue weighted by Gasteiger charge is -2.20. The van der Waals surface area contributed by atoms with Gasteiger partial charge >= 0.3 is 6.03 Å². The minimum Gasteiger partial charge on any atom is -0.307 e. The minimum atomic E-state index is -4.12. The molecule has 0 spiro atoms. The average Bonchev–Trinajstić information content (AvgIpc) is 2.56. The monoisotopic (exact) mass is 380 g/mol. The van der Waals surface area contributed by atoms with E-state index in [1.54, 1.807) is 0 Å². The van der Waals surface area contributed by atoms with E-state index >= 15 is 0 Å². The lowest BCUT2D eigenvalue weighted by Crippen LogP contribution is -2.35. The van der Waals surface area contributed by atoms with Crippen LogP contribution in [0.25, 0.3) is 0 Å². The summed E-state index contributed by atoms with van der Waals surface area (Å²) in [5, 5.41) is 2.56. The molecule has 0 saturated heterocycles. The van der Waals surface area contributed by atoms with Crippen LogP contribution in [-0.4, -0.2) is 24.4 Å². The van der Waals surface area contributed by atoms with Gasteiger partial charge in [0.2, 0.25) is 0 Å². The molecule has 7 nitrogen and oxygen atoms in total. The first-order valence-corrected chi connectivity index (χ1v) is 9.52. The van der Waals surface area contributed by atoms with Crippen LogP contribution in [0.2, 0.25) is 0 Å². The fourth-order valence-corrected chi connectivity index (χ4v) is 3.26. The van der Waals surface area contributed by atoms with Crippen LogP contribution in [0.4, 0.5) is 14.9 Å². The molecule has 2 aromatic rings. The van der Waals surface area contributed by atoms with Crippen LogP contribution in [0.3, 0.4) is 0 Å². The first-order valence-electron chi connectivity index (χ1n) is 8.04. The molecule has 0 radical (unpaired) electrons. The number of anilines is 1. The topological polar surface area (TPSA) is 101 Å². The summed E-state index contributed by atoms with van der Waals surface area (Å²) in [6.07, 6.45) is 3.35. The summed E-state index contributed by atoms with van der Waals surface area (Å²) in [7, 11) is -4.12. The molecule has 0 fully saturated rings. The van der Waals surface area contributed by atoms with Gasteiger partial charge in [-0.3, -0.25) is 0 Å². The predicted molar refractivity (Wildman–Crippen MR) is 96.0 cm³/mol. The number of nitrogens with zero attached hydrogens (tertiary/aromatic N) is 2. The standard InChI is InChI=1S/C17H21FN4O3S/c1-10(2)14-5-12(18)6-15(11(3)4)16(14)21-17(23)22-26(24,25)13-7-19-9-20-8-13/h5-11H,1-4H3,(H2,21,22,23). The number of hydrogen-bond donors (Lipinski definition) is 2. The third-order valence-electron chi connectivity index (χ3n) is 3.72. The number of nitrogens with one attached hydrogen (secondary N) is 2. The van der Waals surface area contributed by atoms with Crippen molar-refractivity contribution in [1.29, 1.82) is 0 Å². The van der Waals surface area contributed by atoms with Crippen molar-refractivity contribution in [3.63, 3.8) is 0 Å². The van der Waals surface area contributed by atoms with E-state index in [0.29, 0.717) is 16.8 Å². The van der Waals surface area contributed by atoms with Crippen LogP contribution in [0.5, 0.6) is 0 Å². The number of sulfonamides is 1. The zero-order valence-electron chi connectivity index (χ0n) is 14.9. The van der Waals surface area contributed by atoms with Crippen molar-refractivity contribution in [2.45, 2.75) is 44.4 Å². The van der Waals surface area contributed by atoms with Gasteiger partial charge in [-0.2, -0.15) is 0 Å². The summed E-state index contributed by atoms with van der Waals surface area (Å²) in [5.74, 6) is -0.548. The molecule has 0 aliphatic rings. The number of urea groups is 1. The number of carbonyl (C=O) groups is 1. The Morgan fingerprint density at radius 1 is 1.04 bits per heavy atom. The van der Waals surface area contributed by atoms with Crippen molar-refractivity contribution in [2.75, 3.05) is 5.32 Å². The molecule has 1 heterocycles. The van der Waals surface area contributed by atoms with Gasteiger partial charge in [-0.1, -0.05) is 27.7 Å². The largest absolute Gasteiger partial charge is 0.333 e. The van der Waals surface area contributed by atoms with E-state index in [0.717, 1.165) is 12.4 Å². The Balaban J connectivity index is 2.34. The Morgan fingerprint density at radius 2 is 1.54 bits per heavy atom. The van der Waals surface area contributed by atoms with Crippen LogP contribution in [0.1, 0.15) is 50.7 Å². The van der Waals surface area contributed by atoms with E-state index in [1.165, 1.54) is 18.5 Å². The molecule has 0 aliphatic carbocycles. The summed E-state index contributed by atoms with van der Waals surface area (Å²) in [5.41, 5.74) is 1.59. The smallest absolute Gasteiger partial charge is 0.307 e. The molecule has 1 aromatic heterocycles. The predicted octanol–water partition coefficient (Wildman–Crippen LogP) is 3.37. The maximum absolute atomic E-state index is 13.9. The number of benzene rings is 1. The molecule has 9 heteroatoms. The van der Waals surface area contributed by atoms with E-state index < -0.39 is 21.9 Å². The van der Waals surface area contributed by atoms with Crippen molar-refractivity contribution in [3.05, 3.63) is 47.8 Å². The van der Waals surface area contributed by atoms with Gasteiger partial charge in [0.05, 0.1) is 12.4 Å². The number of rotatable bonds is 5. The van der Waals surface area contributed by atoms with Gasteiger partial charge in [0.1, 0.15) is 17.0 Å². The van der Waals surface area contributed by atoms with Crippen LogP contribution < -0.4 is 10.0 Å². The van der Waals surface area contributed by atoms with Gasteiger partial charge in [-0.15, -0.1) is 0 Å². The highest BCUT2D eigenvalue weighted by molar-refractivity contribution is 7.90. The van der Waals surface area contributed by atoms with Crippen LogP contribution in [0.15, 0.2) is 35.7 Å². The van der Waals surface area contributed by atoms with Crippen LogP contribution in [-0.2, 0) is 10.0 Å². The third kappa shape index (κ3) is 4.54. The Morgan fingerprint density at radius 3 is 2.00 bits per heavy atom. The normalized spacial score (nSPS) is 11.7. The second-order valence-electron chi connectivity index (χ2n) is 6.40. The lowest BCUT2D eigenvalue weighted by molar-refractivity contribution is 0.256. The Labute approximate surface area is 152 Å². The van der Waals surface area contributed by atoms with E-state index in [2.05, 4.69) is 15.3 Å². The summed E-state index contributed by atoms with van der Waals surface area (Å²) in [4.78, 5) is 19.3. The Hall–Kier alpha value is -2.55. The second kappa shape index (κ2) is 7.77. The molecule has 2 amide bonds. The third-order valence-corrected chi connectivity index (χ3v) is 5.01. The van der Waals surface area contributed by atoms with Crippen molar-refractivity contribution < 1.29 is 17.6 Å². The zero-order chi connectivity index (χ0) is 19.5. The van der Waals surface area contributed by atoms with Crippen LogP contribution in [0, 0.1) is 5.82 Å². The fourth-order valence-electron chi connectivity index (χ4n) is 2.45. The number of hydrogen-bond acceptors (Lipinski definition) is 5. The van der Waals surface area contributed by atoms with E-state index in [1.807, 2.05) is 32.4 Å². The maximum atomic E-state index is 13.9. The fraction of sp³-hybridized carbons (Fsp3) is 0.353. The molecule has 0 atom stereocenters. The molecule has 0 bridgehead atoms. The summed E-state index contributed by atoms with van der Waals surface area (Å²) in [6, 6.07) is 1.74. The summed E-state index contributed by atoms with van der Waals surface area (Å²) < 4.78 is 40.3. The van der Waals surface area contributed by atoms with Gasteiger partial charge in [-0.25, -0.2) is 32.3 Å². The lowest BCUT2D eigenvalue weighted by atomic mass is 9.92. The number of carbonyl (C=O) groups excluding carboxylic acids is 1. The zero-order valence-corrected chi connectivity index (χ0v) is 15.8. The van der Waals surface area contributed by atoms with E-state index in [9.17, 15) is 17.6 Å². The van der Waals surface area contributed by atoms with Crippen molar-refractivity contribution in [3.8, 4) is 0 Å². The van der Waals surface area contributed by atoms with Crippen molar-refractivity contribution in [2.24, 2.45) is 0 Å². The summed E-state index contributed by atoms with van der Waals surface area (Å²) in [6.45, 7) is 7.44. The highest BCUT2D eigenvalue weighted by atomic mass is 32.2. The number of aromatic nitrogens is 2. The van der Waals surface area contributed by atoms with Gasteiger partial charge in [0.15, 0.2) is 0 Å². The molecular formula is C17H21FN4O3S. The van der Waals surface area contributed by atoms with E-state index in [4.69, 9.17) is 0 Å². The highest BCUT2D eigenvalue weighted by Gasteiger charge is 2.22. The number of halogens is 1. The molecule has 0 saturated carbocycles. The second-order valence-corrected chi connectivity index (χ2v) is 8.08. The first-order chi connectivity index (χ1) is 12.1. The molecule has 2 N–H and O–H groups in total. The maximum Gasteiger partial charge on any atom is 0.333 e. The van der Waals surface area contributed by atoms with Crippen molar-refractivity contribution in [1.82, 2.24) is 14.7 Å². The Kier molecular flexibility index (Phi) is 5.91. The summed E-state index contributed by atoms with van der Waals surface area (Å²) >= 11 is 0. The highest BCUT2D eigenvalue weighted by Crippen LogP contribution is 2.33. The molecule has 2 rings (SSSR count). The van der Waals surface area contributed by atoms with Crippen LogP contribution >= 0.6 is 0 Å². The van der Waals surface area contributed by atoms with E-state index in [-0.39, 0.29) is 16.7 Å². The molecular weight excluding hydrogens is 359 g/mol. The number of amides is 2. The first kappa shape index (κ1) is 19.8. The SMILES string of the molecule is CC(C)c1cc(F)cc(C(C)C)c1NC(=O)NS(=O)(=O)c1cncnc1. The Bertz CT molecular complexity index is 870. The molecule has 140 valence electrons. The quantitative estimate of drug-likeness (QED) is 0.828. The average molecular weight is 380 g/mol. The molecule has 1 aromatic carbocycles. The molecule has 26 heavy (non-hydrogen) atoms. The molecule has 0 unspecified atom stereocenters. The van der Waals surface area contributed by atoms with Crippen molar-refractivity contribution >= 4 is 21.7 Å². The van der Waals surface area contributed by atoms with Gasteiger partial charge in [0, 0.05) is 5.69 Å². The minimum absolute atomic E-state index is 0.0716. The van der Waals surface area contributed by atoms with Gasteiger partial charge in [0.25, 0.3) is 10.0 Å². The molecule has 0 aliphatic heterocycles. The van der Waals surface area contributed by atoms with Gasteiger partial charge < -0.3 is 5.32 Å². The van der Waals surface area contributed by atoms with Gasteiger partial charge in [-0.05, 0) is 35.1 Å².